The second-order valence-electron chi connectivity index (χ2n) is 3.58. The number of aryl methyl sites for hydroxylation is 1. The van der Waals surface area contributed by atoms with Gasteiger partial charge in [0.15, 0.2) is 5.58 Å². The molecular weight excluding hydrogens is 206 g/mol. The fourth-order valence-electron chi connectivity index (χ4n) is 1.51. The van der Waals surface area contributed by atoms with E-state index in [4.69, 9.17) is 14.7 Å². The number of nitrogens with zero attached hydrogens (tertiary/aromatic N) is 2. The van der Waals surface area contributed by atoms with Crippen LogP contribution in [0.25, 0.3) is 22.8 Å². The number of hydrogen-bond acceptors (Lipinski definition) is 5. The van der Waals surface area contributed by atoms with Crippen LogP contribution in [0.2, 0.25) is 0 Å². The van der Waals surface area contributed by atoms with E-state index in [0.717, 1.165) is 11.2 Å². The molecular formula is C11H9N3O2. The Bertz CT molecular complexity index is 654. The third kappa shape index (κ3) is 1.33. The van der Waals surface area contributed by atoms with E-state index in [9.17, 15) is 0 Å². The molecule has 16 heavy (non-hydrogen) atoms. The van der Waals surface area contributed by atoms with Crippen molar-refractivity contribution in [2.45, 2.75) is 6.92 Å². The first-order chi connectivity index (χ1) is 7.72. The van der Waals surface area contributed by atoms with E-state index in [2.05, 4.69) is 10.1 Å². The quantitative estimate of drug-likeness (QED) is 0.630. The van der Waals surface area contributed by atoms with Gasteiger partial charge in [-0.1, -0.05) is 5.16 Å². The first-order valence-corrected chi connectivity index (χ1v) is 4.82. The molecule has 2 N–H and O–H groups in total. The summed E-state index contributed by atoms with van der Waals surface area (Å²) in [7, 11) is 0. The van der Waals surface area contributed by atoms with Gasteiger partial charge in [-0.15, -0.1) is 0 Å². The number of nitrogens with two attached hydrogens (primary N) is 1. The van der Waals surface area contributed by atoms with Gasteiger partial charge in [0.25, 0.3) is 5.89 Å². The maximum Gasteiger partial charge on any atom is 0.266 e. The van der Waals surface area contributed by atoms with E-state index >= 15 is 0 Å². The normalized spacial score (nSPS) is 11.1. The average Bonchev–Trinajstić information content (AvgIpc) is 2.83. The van der Waals surface area contributed by atoms with E-state index in [0.29, 0.717) is 22.9 Å². The SMILES string of the molecule is Cc1cc(-c2nc3ccc(N)cc3o2)on1. The van der Waals surface area contributed by atoms with Crippen LogP contribution in [0, 0.1) is 6.92 Å². The Morgan fingerprint density at radius 2 is 2.12 bits per heavy atom. The summed E-state index contributed by atoms with van der Waals surface area (Å²) in [5.74, 6) is 0.938. The Morgan fingerprint density at radius 3 is 2.88 bits per heavy atom. The molecule has 0 unspecified atom stereocenters. The highest BCUT2D eigenvalue weighted by molar-refractivity contribution is 5.78. The lowest BCUT2D eigenvalue weighted by Crippen LogP contribution is -1.81. The first-order valence-electron chi connectivity index (χ1n) is 4.82. The summed E-state index contributed by atoms with van der Waals surface area (Å²) in [6, 6.07) is 7.09. The predicted molar refractivity (Wildman–Crippen MR) is 58.7 cm³/mol. The van der Waals surface area contributed by atoms with E-state index in [1.807, 2.05) is 6.92 Å². The van der Waals surface area contributed by atoms with Gasteiger partial charge in [-0.25, -0.2) is 4.98 Å². The molecule has 2 heterocycles. The van der Waals surface area contributed by atoms with Gasteiger partial charge in [-0.2, -0.15) is 0 Å². The van der Waals surface area contributed by atoms with Crippen LogP contribution < -0.4 is 5.73 Å². The molecule has 0 aliphatic rings. The lowest BCUT2D eigenvalue weighted by molar-refractivity contribution is 0.414. The standard InChI is InChI=1S/C11H9N3O2/c1-6-4-10(16-14-6)11-13-8-3-2-7(12)5-9(8)15-11/h2-5H,12H2,1H3. The van der Waals surface area contributed by atoms with Crippen LogP contribution in [-0.2, 0) is 0 Å². The Kier molecular flexibility index (Phi) is 1.73. The van der Waals surface area contributed by atoms with Gasteiger partial charge in [-0.05, 0) is 19.1 Å². The highest BCUT2D eigenvalue weighted by atomic mass is 16.5. The van der Waals surface area contributed by atoms with Crippen molar-refractivity contribution in [3.05, 3.63) is 30.0 Å². The molecule has 3 aromatic rings. The van der Waals surface area contributed by atoms with Crippen LogP contribution in [0.5, 0.6) is 0 Å². The molecule has 0 saturated heterocycles. The number of rotatable bonds is 1. The van der Waals surface area contributed by atoms with Crippen LogP contribution in [0.3, 0.4) is 0 Å². The molecule has 0 aliphatic heterocycles. The molecule has 5 nitrogen and oxygen atoms in total. The average molecular weight is 215 g/mol. The molecule has 2 aromatic heterocycles. The molecule has 1 aromatic carbocycles. The topological polar surface area (TPSA) is 78.1 Å². The van der Waals surface area contributed by atoms with Crippen molar-refractivity contribution >= 4 is 16.8 Å². The summed E-state index contributed by atoms with van der Waals surface area (Å²) >= 11 is 0. The molecule has 0 aliphatic carbocycles. The van der Waals surface area contributed by atoms with Gasteiger partial charge in [0.2, 0.25) is 5.76 Å². The molecule has 80 valence electrons. The van der Waals surface area contributed by atoms with Crippen LogP contribution in [0.4, 0.5) is 5.69 Å². The number of hydrogen-bond donors (Lipinski definition) is 1. The van der Waals surface area contributed by atoms with Crippen molar-refractivity contribution in [1.29, 1.82) is 0 Å². The smallest absolute Gasteiger partial charge is 0.266 e. The Morgan fingerprint density at radius 1 is 1.25 bits per heavy atom. The third-order valence-corrected chi connectivity index (χ3v) is 2.25. The zero-order chi connectivity index (χ0) is 11.1. The second kappa shape index (κ2) is 3.10. The summed E-state index contributed by atoms with van der Waals surface area (Å²) in [4.78, 5) is 4.28. The van der Waals surface area contributed by atoms with E-state index in [1.165, 1.54) is 0 Å². The van der Waals surface area contributed by atoms with Crippen LogP contribution in [0.1, 0.15) is 5.69 Å². The lowest BCUT2D eigenvalue weighted by Gasteiger charge is -1.88. The summed E-state index contributed by atoms with van der Waals surface area (Å²) < 4.78 is 10.6. The van der Waals surface area contributed by atoms with Crippen molar-refractivity contribution in [2.24, 2.45) is 0 Å². The molecule has 0 fully saturated rings. The number of aromatic nitrogens is 2. The number of oxazole rings is 1. The van der Waals surface area contributed by atoms with E-state index < -0.39 is 0 Å². The van der Waals surface area contributed by atoms with Crippen LogP contribution in [-0.4, -0.2) is 10.1 Å². The van der Waals surface area contributed by atoms with Gasteiger partial charge in [0.1, 0.15) is 5.52 Å². The zero-order valence-electron chi connectivity index (χ0n) is 8.60. The summed E-state index contributed by atoms with van der Waals surface area (Å²) in [6.07, 6.45) is 0. The van der Waals surface area contributed by atoms with Gasteiger partial charge in [0, 0.05) is 17.8 Å². The summed E-state index contributed by atoms with van der Waals surface area (Å²) in [6.45, 7) is 1.84. The molecule has 0 radical (unpaired) electrons. The third-order valence-electron chi connectivity index (χ3n) is 2.25. The van der Waals surface area contributed by atoms with Crippen molar-refractivity contribution in [2.75, 3.05) is 5.73 Å². The van der Waals surface area contributed by atoms with Gasteiger partial charge < -0.3 is 14.7 Å². The number of nitrogen functional groups attached to an aromatic ring is 1. The fraction of sp³-hybridized carbons (Fsp3) is 0.0909. The van der Waals surface area contributed by atoms with Gasteiger partial charge >= 0.3 is 0 Å². The van der Waals surface area contributed by atoms with Crippen molar-refractivity contribution in [1.82, 2.24) is 10.1 Å². The van der Waals surface area contributed by atoms with E-state index in [-0.39, 0.29) is 0 Å². The van der Waals surface area contributed by atoms with Crippen LogP contribution >= 0.6 is 0 Å². The molecule has 0 bridgehead atoms. The Labute approximate surface area is 90.9 Å². The largest absolute Gasteiger partial charge is 0.433 e. The number of anilines is 1. The maximum atomic E-state index is 5.65. The fourth-order valence-corrected chi connectivity index (χ4v) is 1.51. The molecule has 3 rings (SSSR count). The minimum Gasteiger partial charge on any atom is -0.433 e. The van der Waals surface area contributed by atoms with E-state index in [1.54, 1.807) is 24.3 Å². The molecule has 5 heteroatoms. The Hall–Kier alpha value is -2.30. The lowest BCUT2D eigenvalue weighted by atomic mass is 10.3. The monoisotopic (exact) mass is 215 g/mol. The molecule has 0 saturated carbocycles. The van der Waals surface area contributed by atoms with Gasteiger partial charge in [0.05, 0.1) is 5.69 Å². The molecule has 0 spiro atoms. The van der Waals surface area contributed by atoms with Gasteiger partial charge in [-0.3, -0.25) is 0 Å². The number of fused-ring (bicyclic) bond motifs is 1. The molecule has 0 atom stereocenters. The highest BCUT2D eigenvalue weighted by Gasteiger charge is 2.12. The zero-order valence-corrected chi connectivity index (χ0v) is 8.60. The van der Waals surface area contributed by atoms with Crippen LogP contribution in [0.15, 0.2) is 33.2 Å². The first kappa shape index (κ1) is 8.96. The maximum absolute atomic E-state index is 5.65. The second-order valence-corrected chi connectivity index (χ2v) is 3.58. The Balaban J connectivity index is 2.18. The predicted octanol–water partition coefficient (Wildman–Crippen LogP) is 2.37. The minimum absolute atomic E-state index is 0.418. The number of benzene rings is 1. The van der Waals surface area contributed by atoms with Crippen molar-refractivity contribution < 1.29 is 8.94 Å². The molecule has 0 amide bonds. The van der Waals surface area contributed by atoms with Crippen molar-refractivity contribution in [3.8, 4) is 11.7 Å². The summed E-state index contributed by atoms with van der Waals surface area (Å²) in [5.41, 5.74) is 8.47. The minimum atomic E-state index is 0.418. The summed E-state index contributed by atoms with van der Waals surface area (Å²) in [5, 5.41) is 3.78. The highest BCUT2D eigenvalue weighted by Crippen LogP contribution is 2.25. The van der Waals surface area contributed by atoms with Crippen molar-refractivity contribution in [3.63, 3.8) is 0 Å².